The van der Waals surface area contributed by atoms with Gasteiger partial charge in [0, 0.05) is 36.8 Å². The molecule has 8 heteroatoms. The van der Waals surface area contributed by atoms with Gasteiger partial charge in [-0.3, -0.25) is 4.98 Å². The number of pyridine rings is 1. The van der Waals surface area contributed by atoms with Crippen molar-refractivity contribution in [2.45, 2.75) is 33.6 Å². The van der Waals surface area contributed by atoms with Gasteiger partial charge >= 0.3 is 0 Å². The minimum atomic E-state index is 0.345. The van der Waals surface area contributed by atoms with E-state index in [1.54, 1.807) is 12.4 Å². The predicted octanol–water partition coefficient (Wildman–Crippen LogP) is 5.18. The summed E-state index contributed by atoms with van der Waals surface area (Å²) in [5.41, 5.74) is 8.33. The van der Waals surface area contributed by atoms with Crippen LogP contribution in [0.4, 0.5) is 5.13 Å². The number of ether oxygens (including phenoxy) is 1. The Bertz CT molecular complexity index is 1090. The summed E-state index contributed by atoms with van der Waals surface area (Å²) < 4.78 is 6.92. The molecule has 0 unspecified atom stereocenters. The van der Waals surface area contributed by atoms with E-state index in [0.29, 0.717) is 17.5 Å². The fourth-order valence-electron chi connectivity index (χ4n) is 2.77. The largest absolute Gasteiger partial charge is 0.457 e. The number of thiazole rings is 1. The Balaban J connectivity index is 0.000000318. The number of aromatic amines is 1. The fourth-order valence-corrected chi connectivity index (χ4v) is 3.53. The number of nitrogens with one attached hydrogen (secondary N) is 1. The van der Waals surface area contributed by atoms with E-state index in [9.17, 15) is 0 Å². The van der Waals surface area contributed by atoms with E-state index in [1.807, 2.05) is 37.3 Å². The van der Waals surface area contributed by atoms with Gasteiger partial charge in [0.25, 0.3) is 0 Å². The minimum Gasteiger partial charge on any atom is -0.457 e. The number of aliphatic hydroxyl groups excluding tert-OH is 1. The molecule has 0 bridgehead atoms. The zero-order chi connectivity index (χ0) is 21.5. The maximum atomic E-state index is 8.32. The number of nitrogens with two attached hydrogens (primary N) is 1. The number of hydrogen-bond donors (Lipinski definition) is 3. The number of anilines is 1. The van der Waals surface area contributed by atoms with Gasteiger partial charge in [0.1, 0.15) is 17.2 Å². The van der Waals surface area contributed by atoms with E-state index in [0.717, 1.165) is 51.9 Å². The maximum absolute atomic E-state index is 8.32. The van der Waals surface area contributed by atoms with E-state index >= 15 is 0 Å². The summed E-state index contributed by atoms with van der Waals surface area (Å²) in [5.74, 6) is 2.89. The standard InChI is InChI=1S/C16H13N5OS.C6H14O/c1-9-8-19-15(20-9)13-6-11(4-5-18-13)22-10-2-3-12-14(7-10)23-16(17)21-12;1-6(2)4-3-5-7/h2-8H,1H3,(H2,17,21)(H,19,20);6-7H,3-5H2,1-2H3. The lowest BCUT2D eigenvalue weighted by atomic mass is 10.1. The van der Waals surface area contributed by atoms with Gasteiger partial charge in [-0.2, -0.15) is 0 Å². The fraction of sp³-hybridized carbons (Fsp3) is 0.318. The van der Waals surface area contributed by atoms with Crippen LogP contribution in [0.25, 0.3) is 21.7 Å². The quantitative estimate of drug-likeness (QED) is 0.393. The van der Waals surface area contributed by atoms with Crippen LogP contribution in [0.5, 0.6) is 11.5 Å². The number of imidazole rings is 1. The van der Waals surface area contributed by atoms with Crippen molar-refractivity contribution in [3.63, 3.8) is 0 Å². The molecule has 0 saturated carbocycles. The van der Waals surface area contributed by atoms with Gasteiger partial charge in [0.15, 0.2) is 11.0 Å². The highest BCUT2D eigenvalue weighted by molar-refractivity contribution is 7.22. The van der Waals surface area contributed by atoms with Crippen molar-refractivity contribution in [2.75, 3.05) is 12.3 Å². The SMILES string of the molecule is CC(C)CCCO.Cc1cnc(-c2cc(Oc3ccc4nc(N)sc4c3)ccn2)[nH]1. The monoisotopic (exact) mass is 425 g/mol. The van der Waals surface area contributed by atoms with Gasteiger partial charge in [-0.05, 0) is 43.9 Å². The lowest BCUT2D eigenvalue weighted by Gasteiger charge is -2.06. The summed E-state index contributed by atoms with van der Waals surface area (Å²) >= 11 is 1.44. The molecule has 3 heterocycles. The first-order valence-corrected chi connectivity index (χ1v) is 10.7. The molecular formula is C22H27N5O2S. The number of H-pyrrole nitrogens is 1. The third kappa shape index (κ3) is 6.01. The van der Waals surface area contributed by atoms with Crippen molar-refractivity contribution in [1.82, 2.24) is 19.9 Å². The Hall–Kier alpha value is -2.97. The van der Waals surface area contributed by atoms with Gasteiger partial charge in [0.05, 0.1) is 10.2 Å². The second kappa shape index (κ2) is 10.2. The molecule has 4 aromatic rings. The van der Waals surface area contributed by atoms with Crippen LogP contribution in [0, 0.1) is 12.8 Å². The number of aryl methyl sites for hydroxylation is 1. The van der Waals surface area contributed by atoms with E-state index in [2.05, 4.69) is 33.8 Å². The first kappa shape index (κ1) is 21.7. The van der Waals surface area contributed by atoms with Crippen molar-refractivity contribution < 1.29 is 9.84 Å². The smallest absolute Gasteiger partial charge is 0.181 e. The van der Waals surface area contributed by atoms with Gasteiger partial charge < -0.3 is 20.6 Å². The molecule has 0 saturated heterocycles. The number of hydrogen-bond acceptors (Lipinski definition) is 7. The van der Waals surface area contributed by atoms with Crippen LogP contribution in [0.15, 0.2) is 42.7 Å². The number of nitrogen functional groups attached to an aromatic ring is 1. The average molecular weight is 426 g/mol. The van der Waals surface area contributed by atoms with Gasteiger partial charge in [-0.1, -0.05) is 25.2 Å². The molecule has 1 aromatic carbocycles. The highest BCUT2D eigenvalue weighted by Gasteiger charge is 2.07. The molecule has 0 aliphatic heterocycles. The van der Waals surface area contributed by atoms with Crippen LogP contribution in [-0.2, 0) is 0 Å². The van der Waals surface area contributed by atoms with Gasteiger partial charge in [-0.15, -0.1) is 0 Å². The average Bonchev–Trinajstić information content (AvgIpc) is 3.31. The lowest BCUT2D eigenvalue weighted by Crippen LogP contribution is -1.89. The molecule has 0 aliphatic carbocycles. The Morgan fingerprint density at radius 2 is 1.97 bits per heavy atom. The Morgan fingerprint density at radius 3 is 2.63 bits per heavy atom. The Morgan fingerprint density at radius 1 is 1.17 bits per heavy atom. The predicted molar refractivity (Wildman–Crippen MR) is 122 cm³/mol. The highest BCUT2D eigenvalue weighted by atomic mass is 32.1. The van der Waals surface area contributed by atoms with Crippen LogP contribution in [0.3, 0.4) is 0 Å². The third-order valence-electron chi connectivity index (χ3n) is 4.23. The second-order valence-corrected chi connectivity index (χ2v) is 8.40. The zero-order valence-electron chi connectivity index (χ0n) is 17.4. The van der Waals surface area contributed by atoms with Crippen molar-refractivity contribution >= 4 is 26.7 Å². The van der Waals surface area contributed by atoms with Crippen LogP contribution < -0.4 is 10.5 Å². The molecule has 0 aliphatic rings. The topological polar surface area (TPSA) is 110 Å². The summed E-state index contributed by atoms with van der Waals surface area (Å²) in [6, 6.07) is 9.36. The molecule has 7 nitrogen and oxygen atoms in total. The number of aromatic nitrogens is 4. The molecule has 0 amide bonds. The van der Waals surface area contributed by atoms with Crippen LogP contribution >= 0.6 is 11.3 Å². The van der Waals surface area contributed by atoms with Crippen LogP contribution in [0.1, 0.15) is 32.4 Å². The molecular weight excluding hydrogens is 398 g/mol. The third-order valence-corrected chi connectivity index (χ3v) is 5.08. The summed E-state index contributed by atoms with van der Waals surface area (Å²) in [4.78, 5) is 16.0. The van der Waals surface area contributed by atoms with Crippen LogP contribution in [0.2, 0.25) is 0 Å². The number of aliphatic hydroxyl groups is 1. The van der Waals surface area contributed by atoms with Crippen molar-refractivity contribution in [3.05, 3.63) is 48.4 Å². The van der Waals surface area contributed by atoms with E-state index in [-0.39, 0.29) is 0 Å². The lowest BCUT2D eigenvalue weighted by molar-refractivity contribution is 0.276. The maximum Gasteiger partial charge on any atom is 0.181 e. The van der Waals surface area contributed by atoms with E-state index in [4.69, 9.17) is 15.6 Å². The molecule has 3 aromatic heterocycles. The molecule has 0 fully saturated rings. The summed E-state index contributed by atoms with van der Waals surface area (Å²) in [5, 5.41) is 8.87. The van der Waals surface area contributed by atoms with E-state index < -0.39 is 0 Å². The molecule has 4 rings (SSSR count). The number of rotatable bonds is 6. The second-order valence-electron chi connectivity index (χ2n) is 7.33. The Labute approximate surface area is 180 Å². The first-order chi connectivity index (χ1) is 14.4. The van der Waals surface area contributed by atoms with Crippen molar-refractivity contribution in [2.24, 2.45) is 5.92 Å². The molecule has 0 radical (unpaired) electrons. The van der Waals surface area contributed by atoms with E-state index in [1.165, 1.54) is 11.3 Å². The molecule has 158 valence electrons. The molecule has 4 N–H and O–H groups in total. The molecule has 0 spiro atoms. The summed E-state index contributed by atoms with van der Waals surface area (Å²) in [6.07, 6.45) is 5.58. The normalized spacial score (nSPS) is 10.8. The van der Waals surface area contributed by atoms with Crippen molar-refractivity contribution in [3.8, 4) is 23.0 Å². The zero-order valence-corrected chi connectivity index (χ0v) is 18.2. The molecule has 0 atom stereocenters. The molecule has 30 heavy (non-hydrogen) atoms. The van der Waals surface area contributed by atoms with Gasteiger partial charge in [-0.25, -0.2) is 9.97 Å². The van der Waals surface area contributed by atoms with Gasteiger partial charge in [0.2, 0.25) is 0 Å². The number of benzene rings is 1. The minimum absolute atomic E-state index is 0.345. The summed E-state index contributed by atoms with van der Waals surface area (Å²) in [7, 11) is 0. The Kier molecular flexibility index (Phi) is 7.37. The van der Waals surface area contributed by atoms with Crippen LogP contribution in [-0.4, -0.2) is 31.6 Å². The number of fused-ring (bicyclic) bond motifs is 1. The summed E-state index contributed by atoms with van der Waals surface area (Å²) in [6.45, 7) is 6.62. The highest BCUT2D eigenvalue weighted by Crippen LogP contribution is 2.30. The number of nitrogens with zero attached hydrogens (tertiary/aromatic N) is 3. The van der Waals surface area contributed by atoms with Crippen molar-refractivity contribution in [1.29, 1.82) is 0 Å². The first-order valence-electron chi connectivity index (χ1n) is 9.87.